The molecule has 0 fully saturated rings. The van der Waals surface area contributed by atoms with Crippen LogP contribution in [0.4, 0.5) is 0 Å². The van der Waals surface area contributed by atoms with Crippen LogP contribution in [0.25, 0.3) is 0 Å². The monoisotopic (exact) mass is 308 g/mol. The van der Waals surface area contributed by atoms with Gasteiger partial charge >= 0.3 is 0 Å². The summed E-state index contributed by atoms with van der Waals surface area (Å²) in [6.07, 6.45) is 8.71. The van der Waals surface area contributed by atoms with Gasteiger partial charge < -0.3 is 10.1 Å². The first-order valence-corrected chi connectivity index (χ1v) is 7.91. The van der Waals surface area contributed by atoms with Gasteiger partial charge in [0.1, 0.15) is 5.75 Å². The average Bonchev–Trinajstić information content (AvgIpc) is 3.07. The molecule has 1 heterocycles. The Morgan fingerprint density at radius 1 is 1.26 bits per heavy atom. The molecule has 4 heteroatoms. The van der Waals surface area contributed by atoms with E-state index in [2.05, 4.69) is 22.5 Å². The number of carbonyl (C=O) groups excluding carboxylic acids is 1. The van der Waals surface area contributed by atoms with Crippen molar-refractivity contribution in [3.8, 4) is 11.6 Å². The zero-order valence-electron chi connectivity index (χ0n) is 12.9. The van der Waals surface area contributed by atoms with Crippen LogP contribution in [-0.2, 0) is 11.3 Å². The van der Waals surface area contributed by atoms with Gasteiger partial charge in [-0.05, 0) is 42.5 Å². The second-order valence-corrected chi connectivity index (χ2v) is 5.66. The number of nitrogens with zero attached hydrogens (tertiary/aromatic N) is 1. The number of rotatable bonds is 6. The number of amides is 1. The van der Waals surface area contributed by atoms with Crippen LogP contribution in [0.15, 0.2) is 60.8 Å². The number of benzene rings is 1. The Hall–Kier alpha value is -2.62. The molecule has 0 radical (unpaired) electrons. The molecule has 1 atom stereocenters. The van der Waals surface area contributed by atoms with E-state index in [1.807, 2.05) is 42.5 Å². The van der Waals surface area contributed by atoms with Crippen molar-refractivity contribution in [2.75, 3.05) is 0 Å². The van der Waals surface area contributed by atoms with Gasteiger partial charge in [0.2, 0.25) is 11.8 Å². The Morgan fingerprint density at radius 2 is 2.13 bits per heavy atom. The van der Waals surface area contributed by atoms with E-state index < -0.39 is 0 Å². The minimum Gasteiger partial charge on any atom is -0.439 e. The Kier molecular flexibility index (Phi) is 5.04. The number of carbonyl (C=O) groups is 1. The van der Waals surface area contributed by atoms with Crippen molar-refractivity contribution < 1.29 is 9.53 Å². The number of nitrogens with one attached hydrogen (secondary N) is 1. The lowest BCUT2D eigenvalue weighted by Crippen LogP contribution is -2.24. The summed E-state index contributed by atoms with van der Waals surface area (Å²) in [6.45, 7) is 0.489. The highest BCUT2D eigenvalue weighted by atomic mass is 16.5. The van der Waals surface area contributed by atoms with E-state index in [0.29, 0.717) is 24.8 Å². The Bertz CT molecular complexity index is 683. The van der Waals surface area contributed by atoms with Crippen molar-refractivity contribution in [3.63, 3.8) is 0 Å². The van der Waals surface area contributed by atoms with Gasteiger partial charge in [0.05, 0.1) is 0 Å². The van der Waals surface area contributed by atoms with Crippen molar-refractivity contribution in [2.24, 2.45) is 5.92 Å². The lowest BCUT2D eigenvalue weighted by molar-refractivity contribution is -0.121. The van der Waals surface area contributed by atoms with E-state index in [1.54, 1.807) is 6.20 Å². The van der Waals surface area contributed by atoms with Crippen LogP contribution in [0, 0.1) is 5.92 Å². The molecule has 1 aromatic carbocycles. The van der Waals surface area contributed by atoms with Crippen molar-refractivity contribution in [1.82, 2.24) is 10.3 Å². The molecule has 1 N–H and O–H groups in total. The van der Waals surface area contributed by atoms with E-state index in [1.165, 1.54) is 0 Å². The number of aromatic nitrogens is 1. The zero-order valence-corrected chi connectivity index (χ0v) is 12.9. The molecule has 0 bridgehead atoms. The molecule has 118 valence electrons. The average molecular weight is 308 g/mol. The van der Waals surface area contributed by atoms with Gasteiger partial charge in [0.25, 0.3) is 0 Å². The summed E-state index contributed by atoms with van der Waals surface area (Å²) >= 11 is 0. The first-order valence-electron chi connectivity index (χ1n) is 7.91. The number of allylic oxidation sites excluding steroid dienone is 2. The minimum absolute atomic E-state index is 0.0869. The Morgan fingerprint density at radius 3 is 2.91 bits per heavy atom. The van der Waals surface area contributed by atoms with E-state index in [4.69, 9.17) is 4.74 Å². The van der Waals surface area contributed by atoms with Crippen LogP contribution in [0.3, 0.4) is 0 Å². The van der Waals surface area contributed by atoms with Gasteiger partial charge in [-0.2, -0.15) is 0 Å². The van der Waals surface area contributed by atoms with Crippen LogP contribution >= 0.6 is 0 Å². The van der Waals surface area contributed by atoms with E-state index in [0.717, 1.165) is 24.2 Å². The molecule has 1 aliphatic rings. The number of para-hydroxylation sites is 1. The second-order valence-electron chi connectivity index (χ2n) is 5.66. The van der Waals surface area contributed by atoms with Crippen molar-refractivity contribution >= 4 is 5.91 Å². The third-order valence-corrected chi connectivity index (χ3v) is 3.81. The van der Waals surface area contributed by atoms with E-state index in [9.17, 15) is 4.79 Å². The summed E-state index contributed by atoms with van der Waals surface area (Å²) < 4.78 is 5.70. The van der Waals surface area contributed by atoms with Crippen molar-refractivity contribution in [3.05, 3.63) is 66.4 Å². The summed E-state index contributed by atoms with van der Waals surface area (Å²) in [5.41, 5.74) is 0.973. The predicted molar refractivity (Wildman–Crippen MR) is 89.1 cm³/mol. The number of hydrogen-bond acceptors (Lipinski definition) is 3. The number of pyridine rings is 1. The van der Waals surface area contributed by atoms with Gasteiger partial charge in [0, 0.05) is 25.2 Å². The number of ether oxygens (including phenoxy) is 1. The van der Waals surface area contributed by atoms with Crippen LogP contribution in [0.5, 0.6) is 11.6 Å². The topological polar surface area (TPSA) is 51.2 Å². The highest BCUT2D eigenvalue weighted by Gasteiger charge is 2.13. The van der Waals surface area contributed by atoms with Gasteiger partial charge in [0.15, 0.2) is 0 Å². The standard InChI is InChI=1S/C19H20N2O2/c22-18(12-15-6-4-5-7-15)21-14-16-10-11-20-19(13-16)23-17-8-2-1-3-9-17/h1-4,6,8-11,13,15H,5,7,12,14H2,(H,21,22). The van der Waals surface area contributed by atoms with Crippen LogP contribution < -0.4 is 10.1 Å². The summed E-state index contributed by atoms with van der Waals surface area (Å²) in [5.74, 6) is 1.75. The molecule has 0 spiro atoms. The summed E-state index contributed by atoms with van der Waals surface area (Å²) in [6, 6.07) is 13.3. The van der Waals surface area contributed by atoms with Crippen LogP contribution in [-0.4, -0.2) is 10.9 Å². The molecule has 23 heavy (non-hydrogen) atoms. The molecular weight excluding hydrogens is 288 g/mol. The molecule has 0 aliphatic heterocycles. The Labute approximate surface area is 136 Å². The third kappa shape index (κ3) is 4.68. The Balaban J connectivity index is 1.53. The summed E-state index contributed by atoms with van der Waals surface area (Å²) in [7, 11) is 0. The van der Waals surface area contributed by atoms with Crippen LogP contribution in [0.2, 0.25) is 0 Å². The SMILES string of the molecule is O=C(CC1C=CCC1)NCc1ccnc(Oc2ccccc2)c1. The quantitative estimate of drug-likeness (QED) is 0.825. The molecule has 1 aromatic heterocycles. The molecule has 1 amide bonds. The molecule has 0 saturated heterocycles. The lowest BCUT2D eigenvalue weighted by atomic mass is 10.1. The smallest absolute Gasteiger partial charge is 0.220 e. The maximum atomic E-state index is 12.0. The largest absolute Gasteiger partial charge is 0.439 e. The fraction of sp³-hybridized carbons (Fsp3) is 0.263. The highest BCUT2D eigenvalue weighted by molar-refractivity contribution is 5.76. The van der Waals surface area contributed by atoms with Gasteiger partial charge in [-0.15, -0.1) is 0 Å². The maximum Gasteiger partial charge on any atom is 0.220 e. The first-order chi connectivity index (χ1) is 11.3. The minimum atomic E-state index is 0.0869. The molecule has 4 nitrogen and oxygen atoms in total. The molecule has 1 aliphatic carbocycles. The molecule has 2 aromatic rings. The fourth-order valence-electron chi connectivity index (χ4n) is 2.60. The summed E-state index contributed by atoms with van der Waals surface area (Å²) in [5, 5.41) is 2.96. The van der Waals surface area contributed by atoms with E-state index in [-0.39, 0.29) is 5.91 Å². The fourth-order valence-corrected chi connectivity index (χ4v) is 2.60. The molecule has 0 saturated carbocycles. The third-order valence-electron chi connectivity index (χ3n) is 3.81. The van der Waals surface area contributed by atoms with Crippen LogP contribution in [0.1, 0.15) is 24.8 Å². The van der Waals surface area contributed by atoms with Gasteiger partial charge in [-0.25, -0.2) is 4.98 Å². The van der Waals surface area contributed by atoms with Gasteiger partial charge in [-0.1, -0.05) is 30.4 Å². The summed E-state index contributed by atoms with van der Waals surface area (Å²) in [4.78, 5) is 16.2. The van der Waals surface area contributed by atoms with Crippen molar-refractivity contribution in [1.29, 1.82) is 0 Å². The molecule has 3 rings (SSSR count). The first kappa shape index (κ1) is 15.3. The molecule has 1 unspecified atom stereocenters. The van der Waals surface area contributed by atoms with E-state index >= 15 is 0 Å². The zero-order chi connectivity index (χ0) is 15.9. The predicted octanol–water partition coefficient (Wildman–Crippen LogP) is 3.85. The normalized spacial score (nSPS) is 16.3. The second kappa shape index (κ2) is 7.58. The molecular formula is C19H20N2O2. The lowest BCUT2D eigenvalue weighted by Gasteiger charge is -2.10. The van der Waals surface area contributed by atoms with Crippen molar-refractivity contribution in [2.45, 2.75) is 25.8 Å². The van der Waals surface area contributed by atoms with Gasteiger partial charge in [-0.3, -0.25) is 4.79 Å². The maximum absolute atomic E-state index is 12.0. The highest BCUT2D eigenvalue weighted by Crippen LogP contribution is 2.21. The number of hydrogen-bond donors (Lipinski definition) is 1.